The van der Waals surface area contributed by atoms with Gasteiger partial charge in [-0.3, -0.25) is 9.78 Å². The lowest BCUT2D eigenvalue weighted by Crippen LogP contribution is -2.36. The second kappa shape index (κ2) is 6.72. The van der Waals surface area contributed by atoms with Gasteiger partial charge in [0.1, 0.15) is 17.4 Å². The molecule has 1 amide bonds. The van der Waals surface area contributed by atoms with E-state index in [1.807, 2.05) is 24.3 Å². The summed E-state index contributed by atoms with van der Waals surface area (Å²) in [5.74, 6) is 0.00298. The third-order valence-electron chi connectivity index (χ3n) is 4.66. The lowest BCUT2D eigenvalue weighted by Gasteiger charge is -2.29. The number of hydrogen-bond donors (Lipinski definition) is 1. The highest BCUT2D eigenvalue weighted by atomic mass is 16.5. The summed E-state index contributed by atoms with van der Waals surface area (Å²) in [7, 11) is 0. The molecule has 6 nitrogen and oxygen atoms in total. The number of carbonyl (C=O) groups is 1. The Bertz CT molecular complexity index is 934. The van der Waals surface area contributed by atoms with Gasteiger partial charge in [0.25, 0.3) is 5.91 Å². The highest BCUT2D eigenvalue weighted by molar-refractivity contribution is 6.01. The molecule has 1 aliphatic heterocycles. The van der Waals surface area contributed by atoms with Crippen LogP contribution >= 0.6 is 0 Å². The van der Waals surface area contributed by atoms with E-state index in [9.17, 15) is 9.90 Å². The molecule has 4 rings (SSSR count). The molecule has 0 spiro atoms. The number of aromatic nitrogens is 2. The normalized spacial score (nSPS) is 14.8. The molecular weight excluding hydrogens is 330 g/mol. The van der Waals surface area contributed by atoms with Crippen LogP contribution < -0.4 is 0 Å². The average Bonchev–Trinajstić information content (AvgIpc) is 3.13. The quantitative estimate of drug-likeness (QED) is 0.786. The fourth-order valence-electron chi connectivity index (χ4n) is 3.32. The fraction of sp³-hybridized carbons (Fsp3) is 0.250. The maximum absolute atomic E-state index is 13.3. The van der Waals surface area contributed by atoms with E-state index in [1.54, 1.807) is 30.3 Å². The van der Waals surface area contributed by atoms with Crippen LogP contribution in [0.2, 0.25) is 0 Å². The molecular formula is C20H19N3O3. The Morgan fingerprint density at radius 3 is 2.77 bits per heavy atom. The van der Waals surface area contributed by atoms with Crippen LogP contribution in [-0.2, 0) is 13.0 Å². The minimum absolute atomic E-state index is 0.185. The zero-order valence-corrected chi connectivity index (χ0v) is 14.4. The summed E-state index contributed by atoms with van der Waals surface area (Å²) in [6.07, 6.45) is 3.16. The first-order valence-corrected chi connectivity index (χ1v) is 8.59. The van der Waals surface area contributed by atoms with Gasteiger partial charge in [-0.1, -0.05) is 29.4 Å². The molecule has 1 aromatic carbocycles. The standard InChI is InChI=1S/C20H19N3O3/c1-13(24)19-17(18(22-26-19)15-7-4-9-21-11-15)20(25)23-10-8-14-5-2-3-6-16(14)12-23/h2-7,9,11,13,24H,8,10,12H2,1H3. The van der Waals surface area contributed by atoms with Crippen LogP contribution in [-0.4, -0.2) is 32.6 Å². The van der Waals surface area contributed by atoms with Gasteiger partial charge in [-0.2, -0.15) is 0 Å². The highest BCUT2D eigenvalue weighted by Crippen LogP contribution is 2.31. The number of aliphatic hydroxyl groups is 1. The van der Waals surface area contributed by atoms with Gasteiger partial charge >= 0.3 is 0 Å². The van der Waals surface area contributed by atoms with Crippen molar-refractivity contribution in [2.75, 3.05) is 6.54 Å². The molecule has 1 aliphatic rings. The van der Waals surface area contributed by atoms with Gasteiger partial charge in [-0.05, 0) is 36.6 Å². The van der Waals surface area contributed by atoms with Gasteiger partial charge in [0.05, 0.1) is 0 Å². The molecule has 0 saturated carbocycles. The van der Waals surface area contributed by atoms with Crippen LogP contribution in [0.25, 0.3) is 11.3 Å². The van der Waals surface area contributed by atoms with Crippen molar-refractivity contribution < 1.29 is 14.4 Å². The summed E-state index contributed by atoms with van der Waals surface area (Å²) in [6.45, 7) is 2.72. The number of carbonyl (C=O) groups excluding carboxylic acids is 1. The predicted octanol–water partition coefficient (Wildman–Crippen LogP) is 2.99. The number of hydrogen-bond acceptors (Lipinski definition) is 5. The Morgan fingerprint density at radius 1 is 1.23 bits per heavy atom. The highest BCUT2D eigenvalue weighted by Gasteiger charge is 2.31. The largest absolute Gasteiger partial charge is 0.385 e. The molecule has 3 aromatic rings. The van der Waals surface area contributed by atoms with Crippen LogP contribution in [0.4, 0.5) is 0 Å². The number of fused-ring (bicyclic) bond motifs is 1. The van der Waals surface area contributed by atoms with E-state index in [4.69, 9.17) is 4.52 Å². The third kappa shape index (κ3) is 2.88. The van der Waals surface area contributed by atoms with Gasteiger partial charge in [0.15, 0.2) is 5.76 Å². The van der Waals surface area contributed by atoms with Gasteiger partial charge in [-0.25, -0.2) is 0 Å². The zero-order chi connectivity index (χ0) is 18.1. The van der Waals surface area contributed by atoms with Crippen LogP contribution in [0.15, 0.2) is 53.3 Å². The Hall–Kier alpha value is -2.99. The molecule has 1 N–H and O–H groups in total. The molecule has 0 fully saturated rings. The summed E-state index contributed by atoms with van der Waals surface area (Å²) in [6, 6.07) is 11.7. The average molecular weight is 349 g/mol. The first kappa shape index (κ1) is 16.5. The number of amides is 1. The van der Waals surface area contributed by atoms with Gasteiger partial charge in [0.2, 0.25) is 0 Å². The van der Waals surface area contributed by atoms with E-state index in [0.717, 1.165) is 12.0 Å². The Labute approximate surface area is 151 Å². The van der Waals surface area contributed by atoms with Crippen LogP contribution in [0, 0.1) is 0 Å². The molecule has 0 saturated heterocycles. The third-order valence-corrected chi connectivity index (χ3v) is 4.66. The molecule has 0 aliphatic carbocycles. The Kier molecular flexibility index (Phi) is 4.26. The SMILES string of the molecule is CC(O)c1onc(-c2cccnc2)c1C(=O)N1CCc2ccccc2C1. The zero-order valence-electron chi connectivity index (χ0n) is 14.4. The fourth-order valence-corrected chi connectivity index (χ4v) is 3.32. The summed E-state index contributed by atoms with van der Waals surface area (Å²) < 4.78 is 5.32. The summed E-state index contributed by atoms with van der Waals surface area (Å²) in [4.78, 5) is 19.2. The van der Waals surface area contributed by atoms with Crippen molar-refractivity contribution in [1.29, 1.82) is 0 Å². The summed E-state index contributed by atoms with van der Waals surface area (Å²) >= 11 is 0. The topological polar surface area (TPSA) is 79.5 Å². The minimum atomic E-state index is -0.927. The predicted molar refractivity (Wildman–Crippen MR) is 95.3 cm³/mol. The maximum atomic E-state index is 13.3. The van der Waals surface area contributed by atoms with Crippen molar-refractivity contribution in [3.8, 4) is 11.3 Å². The smallest absolute Gasteiger partial charge is 0.260 e. The van der Waals surface area contributed by atoms with Crippen molar-refractivity contribution in [2.24, 2.45) is 0 Å². The van der Waals surface area contributed by atoms with E-state index >= 15 is 0 Å². The number of pyridine rings is 1. The molecule has 6 heteroatoms. The summed E-state index contributed by atoms with van der Waals surface area (Å²) in [5.41, 5.74) is 3.82. The van der Waals surface area contributed by atoms with Crippen LogP contribution in [0.3, 0.4) is 0 Å². The molecule has 1 unspecified atom stereocenters. The molecule has 0 radical (unpaired) electrons. The Morgan fingerprint density at radius 2 is 2.04 bits per heavy atom. The first-order chi connectivity index (χ1) is 12.6. The molecule has 0 bridgehead atoms. The minimum Gasteiger partial charge on any atom is -0.385 e. The number of rotatable bonds is 3. The van der Waals surface area contributed by atoms with E-state index < -0.39 is 6.10 Å². The molecule has 132 valence electrons. The lowest BCUT2D eigenvalue weighted by atomic mass is 9.98. The van der Waals surface area contributed by atoms with E-state index in [-0.39, 0.29) is 11.7 Å². The molecule has 3 heterocycles. The van der Waals surface area contributed by atoms with Crippen molar-refractivity contribution in [1.82, 2.24) is 15.0 Å². The van der Waals surface area contributed by atoms with Gasteiger partial charge < -0.3 is 14.5 Å². The molecule has 2 aromatic heterocycles. The monoisotopic (exact) mass is 349 g/mol. The maximum Gasteiger partial charge on any atom is 0.260 e. The number of benzene rings is 1. The second-order valence-corrected chi connectivity index (χ2v) is 6.43. The van der Waals surface area contributed by atoms with Gasteiger partial charge in [-0.15, -0.1) is 0 Å². The van der Waals surface area contributed by atoms with Crippen LogP contribution in [0.1, 0.15) is 40.3 Å². The number of nitrogens with zero attached hydrogens (tertiary/aromatic N) is 3. The van der Waals surface area contributed by atoms with Crippen molar-refractivity contribution >= 4 is 5.91 Å². The first-order valence-electron chi connectivity index (χ1n) is 8.59. The second-order valence-electron chi connectivity index (χ2n) is 6.43. The Balaban J connectivity index is 1.73. The van der Waals surface area contributed by atoms with E-state index in [0.29, 0.717) is 29.9 Å². The van der Waals surface area contributed by atoms with Gasteiger partial charge in [0, 0.05) is 31.0 Å². The van der Waals surface area contributed by atoms with Crippen LogP contribution in [0.5, 0.6) is 0 Å². The van der Waals surface area contributed by atoms with Crippen molar-refractivity contribution in [2.45, 2.75) is 26.0 Å². The molecule has 1 atom stereocenters. The van der Waals surface area contributed by atoms with Crippen molar-refractivity contribution in [3.63, 3.8) is 0 Å². The summed E-state index contributed by atoms with van der Waals surface area (Å²) in [5, 5.41) is 14.1. The van der Waals surface area contributed by atoms with Crippen molar-refractivity contribution in [3.05, 3.63) is 71.2 Å². The van der Waals surface area contributed by atoms with E-state index in [2.05, 4.69) is 16.2 Å². The molecule has 26 heavy (non-hydrogen) atoms. The van der Waals surface area contributed by atoms with E-state index in [1.165, 1.54) is 5.56 Å². The number of aliphatic hydroxyl groups excluding tert-OH is 1. The lowest BCUT2D eigenvalue weighted by molar-refractivity contribution is 0.0723.